The summed E-state index contributed by atoms with van der Waals surface area (Å²) in [4.78, 5) is 28.2. The second-order valence-corrected chi connectivity index (χ2v) is 5.16. The fourth-order valence-electron chi connectivity index (χ4n) is 1.58. The minimum atomic E-state index is -0.707. The lowest BCUT2D eigenvalue weighted by atomic mass is 10.3. The lowest BCUT2D eigenvalue weighted by molar-refractivity contribution is -0.129. The Kier molecular flexibility index (Phi) is 3.96. The number of likely N-dealkylation sites (N-methyl/N-ethyl adjacent to an activating group) is 1. The van der Waals surface area contributed by atoms with Crippen molar-refractivity contribution in [1.29, 1.82) is 0 Å². The first kappa shape index (κ1) is 13.3. The molecule has 0 saturated heterocycles. The fourth-order valence-corrected chi connectivity index (χ4v) is 2.60. The molecule has 0 aliphatic rings. The topological polar surface area (TPSA) is 88.3 Å². The summed E-state index contributed by atoms with van der Waals surface area (Å²) >= 11 is 1.55. The molecule has 0 aliphatic carbocycles. The first-order valence-electron chi connectivity index (χ1n) is 5.68. The van der Waals surface area contributed by atoms with E-state index in [-0.39, 0.29) is 12.5 Å². The Morgan fingerprint density at radius 3 is 2.84 bits per heavy atom. The molecule has 7 heteroatoms. The highest BCUT2D eigenvalue weighted by molar-refractivity contribution is 7.18. The van der Waals surface area contributed by atoms with Gasteiger partial charge in [-0.2, -0.15) is 0 Å². The maximum absolute atomic E-state index is 11.7. The Balaban J connectivity index is 1.99. The van der Waals surface area contributed by atoms with E-state index < -0.39 is 6.03 Å². The van der Waals surface area contributed by atoms with Crippen LogP contribution in [0.4, 0.5) is 4.79 Å². The monoisotopic (exact) mass is 278 g/mol. The van der Waals surface area contributed by atoms with Crippen LogP contribution in [-0.2, 0) is 11.3 Å². The first-order chi connectivity index (χ1) is 9.06. The molecule has 0 spiro atoms. The van der Waals surface area contributed by atoms with E-state index in [1.54, 1.807) is 18.4 Å². The van der Waals surface area contributed by atoms with E-state index in [9.17, 15) is 9.59 Å². The van der Waals surface area contributed by atoms with Gasteiger partial charge in [0.05, 0.1) is 23.3 Å². The zero-order valence-corrected chi connectivity index (χ0v) is 11.2. The minimum Gasteiger partial charge on any atom is -0.352 e. The summed E-state index contributed by atoms with van der Waals surface area (Å²) in [7, 11) is 1.66. The van der Waals surface area contributed by atoms with Crippen LogP contribution in [0.3, 0.4) is 0 Å². The number of thiazole rings is 1. The number of nitrogens with two attached hydrogens (primary N) is 1. The third-order valence-electron chi connectivity index (χ3n) is 2.55. The van der Waals surface area contributed by atoms with Crippen molar-refractivity contribution in [3.8, 4) is 0 Å². The number of amides is 3. The number of primary amides is 1. The highest BCUT2D eigenvalue weighted by Crippen LogP contribution is 2.22. The normalized spacial score (nSPS) is 10.4. The number of rotatable bonds is 4. The van der Waals surface area contributed by atoms with Crippen molar-refractivity contribution in [3.05, 3.63) is 29.3 Å². The Labute approximate surface area is 114 Å². The molecule has 3 amide bonds. The number of hydrogen-bond acceptors (Lipinski definition) is 4. The van der Waals surface area contributed by atoms with Gasteiger partial charge in [0, 0.05) is 7.05 Å². The minimum absolute atomic E-state index is 0.100. The molecule has 0 radical (unpaired) electrons. The van der Waals surface area contributed by atoms with Gasteiger partial charge in [-0.15, -0.1) is 11.3 Å². The third-order valence-corrected chi connectivity index (χ3v) is 3.57. The summed E-state index contributed by atoms with van der Waals surface area (Å²) < 4.78 is 1.09. The second-order valence-electron chi connectivity index (χ2n) is 4.04. The van der Waals surface area contributed by atoms with E-state index in [2.05, 4.69) is 10.3 Å². The van der Waals surface area contributed by atoms with Gasteiger partial charge < -0.3 is 16.0 Å². The van der Waals surface area contributed by atoms with Gasteiger partial charge in [-0.1, -0.05) is 12.1 Å². The van der Waals surface area contributed by atoms with Crippen LogP contribution < -0.4 is 11.1 Å². The summed E-state index contributed by atoms with van der Waals surface area (Å²) in [5.41, 5.74) is 5.84. The Bertz CT molecular complexity index is 578. The molecule has 0 bridgehead atoms. The summed E-state index contributed by atoms with van der Waals surface area (Å²) in [6, 6.07) is 7.10. The van der Waals surface area contributed by atoms with Gasteiger partial charge in [-0.25, -0.2) is 9.78 Å². The highest BCUT2D eigenvalue weighted by Gasteiger charge is 2.12. The van der Waals surface area contributed by atoms with Crippen LogP contribution in [0, 0.1) is 0 Å². The van der Waals surface area contributed by atoms with Crippen LogP contribution in [0.2, 0.25) is 0 Å². The van der Waals surface area contributed by atoms with Gasteiger partial charge in [-0.05, 0) is 12.1 Å². The molecule has 3 N–H and O–H groups in total. The molecule has 0 unspecified atom stereocenters. The average Bonchev–Trinajstić information content (AvgIpc) is 2.77. The van der Waals surface area contributed by atoms with Crippen molar-refractivity contribution >= 4 is 33.5 Å². The molecular weight excluding hydrogens is 264 g/mol. The second kappa shape index (κ2) is 5.66. The van der Waals surface area contributed by atoms with E-state index in [0.717, 1.165) is 15.2 Å². The molecule has 1 heterocycles. The van der Waals surface area contributed by atoms with Gasteiger partial charge in [-0.3, -0.25) is 4.79 Å². The number of nitrogens with zero attached hydrogens (tertiary/aromatic N) is 2. The van der Waals surface area contributed by atoms with Crippen LogP contribution in [0.25, 0.3) is 10.2 Å². The van der Waals surface area contributed by atoms with E-state index in [1.807, 2.05) is 24.3 Å². The van der Waals surface area contributed by atoms with Crippen LogP contribution in [0.5, 0.6) is 0 Å². The summed E-state index contributed by atoms with van der Waals surface area (Å²) in [6.45, 7) is 0.315. The number of fused-ring (bicyclic) bond motifs is 1. The first-order valence-corrected chi connectivity index (χ1v) is 6.49. The number of urea groups is 1. The molecule has 0 atom stereocenters. The van der Waals surface area contributed by atoms with Crippen LogP contribution in [-0.4, -0.2) is 35.4 Å². The maximum atomic E-state index is 11.7. The number of aromatic nitrogens is 1. The zero-order valence-electron chi connectivity index (χ0n) is 10.4. The molecule has 100 valence electrons. The van der Waals surface area contributed by atoms with Gasteiger partial charge in [0.1, 0.15) is 5.01 Å². The Hall–Kier alpha value is -2.15. The van der Waals surface area contributed by atoms with E-state index in [0.29, 0.717) is 6.54 Å². The predicted octanol–water partition coefficient (Wildman–Crippen LogP) is 0.923. The van der Waals surface area contributed by atoms with Gasteiger partial charge in [0.15, 0.2) is 0 Å². The smallest absolute Gasteiger partial charge is 0.312 e. The fraction of sp³-hybridized carbons (Fsp3) is 0.250. The quantitative estimate of drug-likeness (QED) is 0.871. The number of hydrogen-bond donors (Lipinski definition) is 2. The summed E-state index contributed by atoms with van der Waals surface area (Å²) in [5.74, 6) is -0.210. The van der Waals surface area contributed by atoms with Crippen LogP contribution in [0.1, 0.15) is 5.01 Å². The third kappa shape index (κ3) is 3.41. The Morgan fingerprint density at radius 1 is 1.42 bits per heavy atom. The predicted molar refractivity (Wildman–Crippen MR) is 73.7 cm³/mol. The van der Waals surface area contributed by atoms with Crippen molar-refractivity contribution in [1.82, 2.24) is 15.2 Å². The lowest BCUT2D eigenvalue weighted by Gasteiger charge is -2.15. The molecule has 19 heavy (non-hydrogen) atoms. The number of para-hydroxylation sites is 1. The summed E-state index contributed by atoms with van der Waals surface area (Å²) in [6.07, 6.45) is 0. The van der Waals surface area contributed by atoms with Crippen molar-refractivity contribution in [3.63, 3.8) is 0 Å². The molecule has 6 nitrogen and oxygen atoms in total. The van der Waals surface area contributed by atoms with Crippen molar-refractivity contribution in [2.24, 2.45) is 5.73 Å². The number of benzene rings is 1. The largest absolute Gasteiger partial charge is 0.352 e. The SMILES string of the molecule is CN(Cc1nc2ccccc2s1)C(=O)CNC(N)=O. The van der Waals surface area contributed by atoms with Gasteiger partial charge in [0.2, 0.25) is 5.91 Å². The molecule has 1 aromatic heterocycles. The van der Waals surface area contributed by atoms with Crippen molar-refractivity contribution in [2.45, 2.75) is 6.54 Å². The molecule has 0 aliphatic heterocycles. The molecule has 1 aromatic carbocycles. The highest BCUT2D eigenvalue weighted by atomic mass is 32.1. The van der Waals surface area contributed by atoms with E-state index in [4.69, 9.17) is 5.73 Å². The summed E-state index contributed by atoms with van der Waals surface area (Å²) in [5, 5.41) is 3.13. The van der Waals surface area contributed by atoms with Crippen molar-refractivity contribution < 1.29 is 9.59 Å². The standard InChI is InChI=1S/C12H14N4O2S/c1-16(11(17)6-14-12(13)18)7-10-15-8-4-2-3-5-9(8)19-10/h2-5H,6-7H2,1H3,(H3,13,14,18). The molecule has 0 saturated carbocycles. The van der Waals surface area contributed by atoms with E-state index >= 15 is 0 Å². The molecule has 2 rings (SSSR count). The van der Waals surface area contributed by atoms with Crippen LogP contribution >= 0.6 is 11.3 Å². The molecule has 2 aromatic rings. The van der Waals surface area contributed by atoms with E-state index in [1.165, 1.54) is 4.90 Å². The number of carbonyl (C=O) groups is 2. The Morgan fingerprint density at radius 2 is 2.16 bits per heavy atom. The molecule has 0 fully saturated rings. The molecular formula is C12H14N4O2S. The maximum Gasteiger partial charge on any atom is 0.312 e. The lowest BCUT2D eigenvalue weighted by Crippen LogP contribution is -2.39. The number of nitrogens with one attached hydrogen (secondary N) is 1. The van der Waals surface area contributed by atoms with Gasteiger partial charge >= 0.3 is 6.03 Å². The average molecular weight is 278 g/mol. The zero-order chi connectivity index (χ0) is 13.8. The van der Waals surface area contributed by atoms with Crippen molar-refractivity contribution in [2.75, 3.05) is 13.6 Å². The number of carbonyl (C=O) groups excluding carboxylic acids is 2. The van der Waals surface area contributed by atoms with Gasteiger partial charge in [0.25, 0.3) is 0 Å². The van der Waals surface area contributed by atoms with Crippen LogP contribution in [0.15, 0.2) is 24.3 Å².